The molecule has 0 atom stereocenters. The number of nitrogens with zero attached hydrogens (tertiary/aromatic N) is 5. The van der Waals surface area contributed by atoms with Gasteiger partial charge in [-0.3, -0.25) is 4.79 Å². The summed E-state index contributed by atoms with van der Waals surface area (Å²) < 4.78 is 1.84. The van der Waals surface area contributed by atoms with Crippen LogP contribution in [-0.4, -0.2) is 38.5 Å². The minimum absolute atomic E-state index is 0.107. The van der Waals surface area contributed by atoms with Crippen LogP contribution in [0.5, 0.6) is 0 Å². The van der Waals surface area contributed by atoms with Gasteiger partial charge in [-0.05, 0) is 57.2 Å². The smallest absolute Gasteiger partial charge is 0.244 e. The average molecular weight is 430 g/mol. The normalized spacial score (nSPS) is 10.8. The van der Waals surface area contributed by atoms with E-state index in [2.05, 4.69) is 44.3 Å². The fourth-order valence-electron chi connectivity index (χ4n) is 3.60. The summed E-state index contributed by atoms with van der Waals surface area (Å²) in [5.74, 6) is 2.25. The highest BCUT2D eigenvalue weighted by atomic mass is 16.1. The van der Waals surface area contributed by atoms with Crippen LogP contribution in [0.25, 0.3) is 11.0 Å². The summed E-state index contributed by atoms with van der Waals surface area (Å²) in [7, 11) is 0. The Balaban J connectivity index is 1.40. The molecule has 0 saturated heterocycles. The van der Waals surface area contributed by atoms with E-state index in [0.29, 0.717) is 5.82 Å². The van der Waals surface area contributed by atoms with Crippen molar-refractivity contribution in [2.75, 3.05) is 28.6 Å². The minimum atomic E-state index is -0.107. The van der Waals surface area contributed by atoms with E-state index < -0.39 is 0 Å². The first kappa shape index (κ1) is 21.3. The van der Waals surface area contributed by atoms with Gasteiger partial charge in [0.1, 0.15) is 24.0 Å². The van der Waals surface area contributed by atoms with Crippen LogP contribution in [0.1, 0.15) is 19.7 Å². The van der Waals surface area contributed by atoms with E-state index in [9.17, 15) is 4.79 Å². The number of benzene rings is 2. The van der Waals surface area contributed by atoms with Gasteiger partial charge in [0.05, 0.1) is 17.4 Å². The maximum absolute atomic E-state index is 12.5. The molecular weight excluding hydrogens is 402 g/mol. The Morgan fingerprint density at radius 3 is 2.47 bits per heavy atom. The Morgan fingerprint density at radius 2 is 1.72 bits per heavy atom. The minimum Gasteiger partial charge on any atom is -0.357 e. The summed E-state index contributed by atoms with van der Waals surface area (Å²) in [5.41, 5.74) is 3.42. The molecule has 2 aromatic heterocycles. The number of hydrogen-bond donors (Lipinski definition) is 2. The molecule has 0 spiro atoms. The van der Waals surface area contributed by atoms with E-state index in [1.807, 2.05) is 66.1 Å². The molecule has 1 amide bonds. The van der Waals surface area contributed by atoms with Gasteiger partial charge in [0.15, 0.2) is 0 Å². The van der Waals surface area contributed by atoms with Gasteiger partial charge in [-0.1, -0.05) is 12.1 Å². The summed E-state index contributed by atoms with van der Waals surface area (Å²) in [6.07, 6.45) is 1.69. The first-order valence-corrected chi connectivity index (χ1v) is 10.7. The highest BCUT2D eigenvalue weighted by molar-refractivity contribution is 5.91. The standard InChI is InChI=1S/C24H27N7O/c1-4-30(5-2)23-14-22(26-17(3)27-23)28-18-10-12-19(13-11-18)29-24(32)15-31-16-25-20-8-6-7-9-21(20)31/h6-14,16H,4-5,15H2,1-3H3,(H,29,32)(H,26,27,28). The number of fused-ring (bicyclic) bond motifs is 1. The third-order valence-electron chi connectivity index (χ3n) is 5.19. The van der Waals surface area contributed by atoms with Gasteiger partial charge in [0, 0.05) is 30.5 Å². The summed E-state index contributed by atoms with van der Waals surface area (Å²) in [6.45, 7) is 8.08. The zero-order chi connectivity index (χ0) is 22.5. The number of hydrogen-bond acceptors (Lipinski definition) is 6. The molecule has 0 unspecified atom stereocenters. The maximum atomic E-state index is 12.5. The maximum Gasteiger partial charge on any atom is 0.244 e. The molecule has 32 heavy (non-hydrogen) atoms. The van der Waals surface area contributed by atoms with Crippen LogP contribution in [0.2, 0.25) is 0 Å². The average Bonchev–Trinajstić information content (AvgIpc) is 3.18. The van der Waals surface area contributed by atoms with Gasteiger partial charge in [0.2, 0.25) is 5.91 Å². The molecular formula is C24H27N7O. The molecule has 2 heterocycles. The van der Waals surface area contributed by atoms with Crippen molar-refractivity contribution in [3.05, 3.63) is 66.7 Å². The van der Waals surface area contributed by atoms with Crippen molar-refractivity contribution in [1.82, 2.24) is 19.5 Å². The molecule has 8 heteroatoms. The van der Waals surface area contributed by atoms with Gasteiger partial charge in [0.25, 0.3) is 0 Å². The Kier molecular flexibility index (Phi) is 6.30. The van der Waals surface area contributed by atoms with E-state index in [0.717, 1.165) is 47.1 Å². The molecule has 0 fully saturated rings. The van der Waals surface area contributed by atoms with Crippen molar-refractivity contribution in [3.63, 3.8) is 0 Å². The third kappa shape index (κ3) is 4.85. The topological polar surface area (TPSA) is 88.0 Å². The number of amides is 1. The number of aryl methyl sites for hydroxylation is 1. The van der Waals surface area contributed by atoms with Crippen LogP contribution < -0.4 is 15.5 Å². The van der Waals surface area contributed by atoms with E-state index in [1.165, 1.54) is 0 Å². The predicted octanol–water partition coefficient (Wildman–Crippen LogP) is 4.36. The number of carbonyl (C=O) groups is 1. The summed E-state index contributed by atoms with van der Waals surface area (Å²) >= 11 is 0. The first-order valence-electron chi connectivity index (χ1n) is 10.7. The number of rotatable bonds is 8. The van der Waals surface area contributed by atoms with Crippen molar-refractivity contribution in [1.29, 1.82) is 0 Å². The van der Waals surface area contributed by atoms with Crippen LogP contribution >= 0.6 is 0 Å². The van der Waals surface area contributed by atoms with E-state index in [-0.39, 0.29) is 12.5 Å². The van der Waals surface area contributed by atoms with Crippen LogP contribution in [-0.2, 0) is 11.3 Å². The molecule has 2 aromatic carbocycles. The van der Waals surface area contributed by atoms with E-state index in [1.54, 1.807) is 6.33 Å². The van der Waals surface area contributed by atoms with Crippen molar-refractivity contribution in [3.8, 4) is 0 Å². The molecule has 0 aliphatic heterocycles. The number of aromatic nitrogens is 4. The van der Waals surface area contributed by atoms with E-state index in [4.69, 9.17) is 0 Å². The van der Waals surface area contributed by atoms with Gasteiger partial charge >= 0.3 is 0 Å². The number of carbonyl (C=O) groups excluding carboxylic acids is 1. The molecule has 0 aliphatic carbocycles. The SMILES string of the molecule is CCN(CC)c1cc(Nc2ccc(NC(=O)Cn3cnc4ccccc43)cc2)nc(C)n1. The molecule has 8 nitrogen and oxygen atoms in total. The molecule has 4 rings (SSSR count). The van der Waals surface area contributed by atoms with Gasteiger partial charge in [-0.15, -0.1) is 0 Å². The first-order chi connectivity index (χ1) is 15.6. The summed E-state index contributed by atoms with van der Waals surface area (Å²) in [5, 5.41) is 6.26. The highest BCUT2D eigenvalue weighted by Gasteiger charge is 2.09. The molecule has 2 N–H and O–H groups in total. The van der Waals surface area contributed by atoms with Crippen LogP contribution in [0.4, 0.5) is 23.0 Å². The molecule has 0 saturated carbocycles. The van der Waals surface area contributed by atoms with Crippen molar-refractivity contribution < 1.29 is 4.79 Å². The summed E-state index contributed by atoms with van der Waals surface area (Å²) in [4.78, 5) is 28.0. The number of anilines is 4. The largest absolute Gasteiger partial charge is 0.357 e. The van der Waals surface area contributed by atoms with E-state index >= 15 is 0 Å². The molecule has 4 aromatic rings. The fourth-order valence-corrected chi connectivity index (χ4v) is 3.60. The van der Waals surface area contributed by atoms with Crippen LogP contribution in [0, 0.1) is 6.92 Å². The Labute approximate surface area is 187 Å². The van der Waals surface area contributed by atoms with Crippen molar-refractivity contribution >= 4 is 40.0 Å². The zero-order valence-corrected chi connectivity index (χ0v) is 18.5. The molecule has 0 aliphatic rings. The Hall–Kier alpha value is -3.94. The molecule has 0 bridgehead atoms. The fraction of sp³-hybridized carbons (Fsp3) is 0.250. The van der Waals surface area contributed by atoms with Crippen LogP contribution in [0.3, 0.4) is 0 Å². The molecule has 164 valence electrons. The quantitative estimate of drug-likeness (QED) is 0.433. The number of nitrogens with one attached hydrogen (secondary N) is 2. The number of imidazole rings is 1. The number of para-hydroxylation sites is 2. The zero-order valence-electron chi connectivity index (χ0n) is 18.5. The second kappa shape index (κ2) is 9.47. The lowest BCUT2D eigenvalue weighted by atomic mass is 10.2. The highest BCUT2D eigenvalue weighted by Crippen LogP contribution is 2.21. The monoisotopic (exact) mass is 429 g/mol. The lowest BCUT2D eigenvalue weighted by molar-refractivity contribution is -0.116. The second-order valence-corrected chi connectivity index (χ2v) is 7.44. The Morgan fingerprint density at radius 1 is 1.00 bits per heavy atom. The van der Waals surface area contributed by atoms with Gasteiger partial charge in [-0.25, -0.2) is 15.0 Å². The lowest BCUT2D eigenvalue weighted by Crippen LogP contribution is -2.23. The van der Waals surface area contributed by atoms with Gasteiger partial charge in [-0.2, -0.15) is 0 Å². The van der Waals surface area contributed by atoms with Crippen molar-refractivity contribution in [2.24, 2.45) is 0 Å². The molecule has 0 radical (unpaired) electrons. The third-order valence-corrected chi connectivity index (χ3v) is 5.19. The predicted molar refractivity (Wildman–Crippen MR) is 128 cm³/mol. The lowest BCUT2D eigenvalue weighted by Gasteiger charge is -2.20. The van der Waals surface area contributed by atoms with Crippen molar-refractivity contribution in [2.45, 2.75) is 27.3 Å². The Bertz CT molecular complexity index is 1210. The van der Waals surface area contributed by atoms with Gasteiger partial charge < -0.3 is 20.1 Å². The summed E-state index contributed by atoms with van der Waals surface area (Å²) in [6, 6.07) is 17.3. The van der Waals surface area contributed by atoms with Crippen LogP contribution in [0.15, 0.2) is 60.9 Å². The second-order valence-electron chi connectivity index (χ2n) is 7.44.